The summed E-state index contributed by atoms with van der Waals surface area (Å²) < 4.78 is 35.5. The van der Waals surface area contributed by atoms with Gasteiger partial charge >= 0.3 is 6.09 Å². The fourth-order valence-electron chi connectivity index (χ4n) is 3.94. The number of fused-ring (bicyclic) bond motifs is 1. The number of likely N-dealkylation sites (N-methyl/N-ethyl adjacent to an activating group) is 1. The second kappa shape index (κ2) is 13.2. The molecule has 13 heteroatoms. The van der Waals surface area contributed by atoms with Crippen LogP contribution in [0.3, 0.4) is 0 Å². The number of benzene rings is 1. The smallest absolute Gasteiger partial charge is 0.407 e. The van der Waals surface area contributed by atoms with Crippen LogP contribution in [0.2, 0.25) is 0 Å². The van der Waals surface area contributed by atoms with Crippen LogP contribution in [0.4, 0.5) is 19.3 Å². The lowest BCUT2D eigenvalue weighted by Gasteiger charge is -2.20. The van der Waals surface area contributed by atoms with Gasteiger partial charge in [0.1, 0.15) is 17.6 Å². The molecule has 3 amide bonds. The van der Waals surface area contributed by atoms with Gasteiger partial charge in [0.05, 0.1) is 24.7 Å². The third kappa shape index (κ3) is 7.56. The highest BCUT2D eigenvalue weighted by Gasteiger charge is 2.37. The first-order valence-electron chi connectivity index (χ1n) is 12.9. The van der Waals surface area contributed by atoms with E-state index in [1.807, 2.05) is 0 Å². The van der Waals surface area contributed by atoms with Gasteiger partial charge < -0.3 is 29.8 Å². The molecule has 1 atom stereocenters. The monoisotopic (exact) mass is 572 g/mol. The third-order valence-corrected chi connectivity index (χ3v) is 6.36. The Hall–Kier alpha value is -4.55. The zero-order valence-electron chi connectivity index (χ0n) is 23.5. The van der Waals surface area contributed by atoms with Crippen molar-refractivity contribution >= 4 is 34.6 Å². The van der Waals surface area contributed by atoms with Gasteiger partial charge in [0, 0.05) is 31.8 Å². The number of para-hydroxylation sites is 1. The maximum atomic E-state index is 14.8. The van der Waals surface area contributed by atoms with Crippen LogP contribution in [0.5, 0.6) is 0 Å². The number of pyridine rings is 1. The molecule has 3 rings (SSSR count). The predicted molar refractivity (Wildman–Crippen MR) is 150 cm³/mol. The van der Waals surface area contributed by atoms with Crippen LogP contribution in [0.1, 0.15) is 38.1 Å². The van der Waals surface area contributed by atoms with E-state index in [1.165, 1.54) is 59.9 Å². The van der Waals surface area contributed by atoms with E-state index in [4.69, 9.17) is 0 Å². The number of nitrogens with one attached hydrogen (secondary N) is 3. The van der Waals surface area contributed by atoms with Crippen molar-refractivity contribution in [3.05, 3.63) is 70.4 Å². The van der Waals surface area contributed by atoms with E-state index in [9.17, 15) is 28.0 Å². The summed E-state index contributed by atoms with van der Waals surface area (Å²) >= 11 is 0. The first-order chi connectivity index (χ1) is 19.3. The molecule has 0 aliphatic heterocycles. The van der Waals surface area contributed by atoms with Crippen molar-refractivity contribution in [2.45, 2.75) is 45.2 Å². The maximum absolute atomic E-state index is 14.8. The lowest BCUT2D eigenvalue weighted by atomic mass is 9.97. The largest absolute Gasteiger partial charge is 0.453 e. The number of methoxy groups -OCH3 is 1. The maximum Gasteiger partial charge on any atom is 0.407 e. The number of hydrogen-bond acceptors (Lipinski definition) is 6. The summed E-state index contributed by atoms with van der Waals surface area (Å²) in [6.45, 7) is 2.79. The Morgan fingerprint density at radius 3 is 2.59 bits per heavy atom. The van der Waals surface area contributed by atoms with Gasteiger partial charge in [-0.2, -0.15) is 0 Å². The van der Waals surface area contributed by atoms with Gasteiger partial charge in [-0.1, -0.05) is 32.1 Å². The van der Waals surface area contributed by atoms with Gasteiger partial charge in [-0.15, -0.1) is 0 Å². The molecule has 0 fully saturated rings. The van der Waals surface area contributed by atoms with Crippen molar-refractivity contribution in [3.8, 4) is 0 Å². The number of allylic oxidation sites excluding steroid dienone is 1. The molecule has 0 saturated heterocycles. The molecule has 3 N–H and O–H groups in total. The van der Waals surface area contributed by atoms with E-state index in [0.717, 1.165) is 7.11 Å². The number of nitrogens with zero attached hydrogens (tertiary/aromatic N) is 3. The number of amides is 3. The first kappa shape index (κ1) is 31.0. The highest BCUT2D eigenvalue weighted by Crippen LogP contribution is 2.38. The fraction of sp³-hybridized carbons (Fsp3) is 0.393. The van der Waals surface area contributed by atoms with Gasteiger partial charge in [0.25, 0.3) is 11.5 Å². The van der Waals surface area contributed by atoms with E-state index in [0.29, 0.717) is 5.52 Å². The topological polar surface area (TPSA) is 138 Å². The average Bonchev–Trinajstić information content (AvgIpc) is 3.34. The second-order valence-electron chi connectivity index (χ2n) is 9.91. The van der Waals surface area contributed by atoms with Crippen LogP contribution < -0.4 is 16.2 Å². The molecule has 11 nitrogen and oxygen atoms in total. The van der Waals surface area contributed by atoms with Crippen molar-refractivity contribution in [3.63, 3.8) is 0 Å². The number of carbonyl (C=O) groups excluding carboxylic acids is 3. The highest BCUT2D eigenvalue weighted by atomic mass is 19.3. The van der Waals surface area contributed by atoms with Crippen LogP contribution in [0.15, 0.2) is 53.5 Å². The van der Waals surface area contributed by atoms with Crippen molar-refractivity contribution in [2.24, 2.45) is 5.92 Å². The number of H-pyrrole nitrogens is 1. The van der Waals surface area contributed by atoms with Crippen molar-refractivity contribution < 1.29 is 27.9 Å². The Bertz CT molecular complexity index is 1490. The minimum Gasteiger partial charge on any atom is -0.453 e. The summed E-state index contributed by atoms with van der Waals surface area (Å²) in [7, 11) is 4.36. The molecule has 0 radical (unpaired) electrons. The quantitative estimate of drug-likeness (QED) is 0.300. The number of alkyl halides is 2. The van der Waals surface area contributed by atoms with Crippen LogP contribution >= 0.6 is 0 Å². The van der Waals surface area contributed by atoms with Crippen LogP contribution in [0, 0.1) is 5.92 Å². The number of ether oxygens (including phenoxy) is 1. The summed E-state index contributed by atoms with van der Waals surface area (Å²) in [5.74, 6) is -4.65. The van der Waals surface area contributed by atoms with Crippen molar-refractivity contribution in [1.82, 2.24) is 24.8 Å². The number of halogens is 2. The molecular formula is C28H34F2N6O5. The molecule has 1 aromatic carbocycles. The Kier molecular flexibility index (Phi) is 9.98. The van der Waals surface area contributed by atoms with Gasteiger partial charge in [0.15, 0.2) is 0 Å². The zero-order valence-corrected chi connectivity index (χ0v) is 23.5. The number of alkyl carbamates (subject to hydrolysis) is 1. The van der Waals surface area contributed by atoms with Crippen LogP contribution in [-0.4, -0.2) is 64.6 Å². The Labute approximate surface area is 235 Å². The molecule has 0 spiro atoms. The first-order valence-corrected chi connectivity index (χ1v) is 12.9. The summed E-state index contributed by atoms with van der Waals surface area (Å²) in [4.78, 5) is 58.4. The van der Waals surface area contributed by atoms with Crippen LogP contribution in [0.25, 0.3) is 11.0 Å². The number of anilines is 1. The van der Waals surface area contributed by atoms with Gasteiger partial charge in [-0.05, 0) is 37.1 Å². The SMILES string of the molecule is COC(=O)NC(CC/C=C/C(=O)N(C)C)C(=O)Nc1cccn(Cc2nc3c(C(F)(F)C(C)C)cccc3[nH]2)c1=O. The second-order valence-corrected chi connectivity index (χ2v) is 9.91. The molecule has 2 heterocycles. The molecule has 0 saturated carbocycles. The molecule has 0 bridgehead atoms. The number of imidazole rings is 1. The molecule has 0 aliphatic rings. The minimum absolute atomic E-state index is 0.0596. The molecule has 3 aromatic rings. The third-order valence-electron chi connectivity index (χ3n) is 6.36. The predicted octanol–water partition coefficient (Wildman–Crippen LogP) is 3.61. The summed E-state index contributed by atoms with van der Waals surface area (Å²) in [6.07, 6.45) is 3.98. The molecule has 0 aliphatic carbocycles. The average molecular weight is 573 g/mol. The van der Waals surface area contributed by atoms with Gasteiger partial charge in [-0.3, -0.25) is 14.4 Å². The molecular weight excluding hydrogens is 538 g/mol. The molecule has 41 heavy (non-hydrogen) atoms. The number of aromatic amines is 1. The van der Waals surface area contributed by atoms with E-state index < -0.39 is 35.4 Å². The van der Waals surface area contributed by atoms with Crippen LogP contribution in [-0.2, 0) is 26.8 Å². The molecule has 2 aromatic heterocycles. The van der Waals surface area contributed by atoms with E-state index in [1.54, 1.807) is 26.2 Å². The Morgan fingerprint density at radius 1 is 1.20 bits per heavy atom. The highest BCUT2D eigenvalue weighted by molar-refractivity contribution is 5.96. The normalized spacial score (nSPS) is 12.5. The van der Waals surface area contributed by atoms with Crippen molar-refractivity contribution in [2.75, 3.05) is 26.5 Å². The Balaban J connectivity index is 1.80. The van der Waals surface area contributed by atoms with Gasteiger partial charge in [0.2, 0.25) is 11.8 Å². The Morgan fingerprint density at radius 2 is 1.93 bits per heavy atom. The minimum atomic E-state index is -3.10. The van der Waals surface area contributed by atoms with Gasteiger partial charge in [-0.25, -0.2) is 18.6 Å². The summed E-state index contributed by atoms with van der Waals surface area (Å²) in [6, 6.07) is 6.37. The standard InChI is InChI=1S/C28H34F2N6O5/c1-17(2)28(29,30)18-10-8-12-19-24(18)34-22(31-19)16-36-15-9-13-21(26(36)39)32-25(38)20(33-27(40)41-5)11-6-7-14-23(37)35(3)4/h7-10,12-15,17,20H,6,11,16H2,1-5H3,(H,31,34)(H,32,38)(H,33,40)/b14-7+. The number of carbonyl (C=O) groups is 3. The van der Waals surface area contributed by atoms with Crippen molar-refractivity contribution in [1.29, 1.82) is 0 Å². The van der Waals surface area contributed by atoms with E-state index in [2.05, 4.69) is 25.3 Å². The lowest BCUT2D eigenvalue weighted by Crippen LogP contribution is -2.44. The number of hydrogen-bond donors (Lipinski definition) is 3. The van der Waals surface area contributed by atoms with E-state index >= 15 is 0 Å². The number of aromatic nitrogens is 3. The summed E-state index contributed by atoms with van der Waals surface area (Å²) in [5, 5.41) is 4.95. The zero-order chi connectivity index (χ0) is 30.3. The molecule has 1 unspecified atom stereocenters. The molecule has 220 valence electrons. The lowest BCUT2D eigenvalue weighted by molar-refractivity contribution is -0.123. The van der Waals surface area contributed by atoms with E-state index in [-0.39, 0.29) is 47.9 Å². The summed E-state index contributed by atoms with van der Waals surface area (Å²) in [5.41, 5.74) is -0.297. The fourth-order valence-corrected chi connectivity index (χ4v) is 3.94. The number of rotatable bonds is 11.